The van der Waals surface area contributed by atoms with Crippen LogP contribution < -0.4 is 5.32 Å². The van der Waals surface area contributed by atoms with E-state index in [4.69, 9.17) is 23.2 Å². The zero-order chi connectivity index (χ0) is 13.0. The second-order valence-electron chi connectivity index (χ2n) is 3.70. The zero-order valence-electron chi connectivity index (χ0n) is 9.36. The second-order valence-corrected chi connectivity index (χ2v) is 4.57. The second kappa shape index (κ2) is 5.85. The van der Waals surface area contributed by atoms with Crippen molar-refractivity contribution < 1.29 is 4.79 Å². The fourth-order valence-electron chi connectivity index (χ4n) is 1.50. The van der Waals surface area contributed by atoms with Crippen LogP contribution in [0.15, 0.2) is 42.7 Å². The molecule has 2 aromatic rings. The molecule has 0 saturated heterocycles. The highest BCUT2D eigenvalue weighted by atomic mass is 35.5. The van der Waals surface area contributed by atoms with Crippen LogP contribution in [-0.2, 0) is 6.54 Å². The number of rotatable bonds is 3. The predicted octanol–water partition coefficient (Wildman–Crippen LogP) is 3.32. The van der Waals surface area contributed by atoms with E-state index in [1.54, 1.807) is 42.7 Å². The summed E-state index contributed by atoms with van der Waals surface area (Å²) < 4.78 is 0. The zero-order valence-corrected chi connectivity index (χ0v) is 10.9. The van der Waals surface area contributed by atoms with Crippen LogP contribution in [-0.4, -0.2) is 10.9 Å². The van der Waals surface area contributed by atoms with Gasteiger partial charge in [-0.05, 0) is 35.9 Å². The van der Waals surface area contributed by atoms with E-state index in [0.29, 0.717) is 22.2 Å². The van der Waals surface area contributed by atoms with E-state index in [1.807, 2.05) is 0 Å². The lowest BCUT2D eigenvalue weighted by Crippen LogP contribution is -2.22. The Labute approximate surface area is 115 Å². The maximum atomic E-state index is 11.8. The number of halogens is 2. The Hall–Kier alpha value is -1.58. The summed E-state index contributed by atoms with van der Waals surface area (Å²) in [4.78, 5) is 15.6. The number of carbonyl (C=O) groups excluding carboxylic acids is 1. The molecule has 1 N–H and O–H groups in total. The molecule has 0 radical (unpaired) electrons. The molecule has 18 heavy (non-hydrogen) atoms. The summed E-state index contributed by atoms with van der Waals surface area (Å²) in [5, 5.41) is 3.89. The topological polar surface area (TPSA) is 42.0 Å². The van der Waals surface area contributed by atoms with Crippen LogP contribution in [0.4, 0.5) is 0 Å². The molecular weight excluding hydrogens is 271 g/mol. The lowest BCUT2D eigenvalue weighted by Gasteiger charge is -2.06. The van der Waals surface area contributed by atoms with Crippen molar-refractivity contribution in [3.05, 3.63) is 63.9 Å². The Balaban J connectivity index is 2.02. The van der Waals surface area contributed by atoms with Gasteiger partial charge in [0.05, 0.1) is 0 Å². The maximum Gasteiger partial charge on any atom is 0.251 e. The lowest BCUT2D eigenvalue weighted by molar-refractivity contribution is 0.0951. The minimum atomic E-state index is -0.159. The molecule has 0 atom stereocenters. The molecule has 0 aliphatic rings. The van der Waals surface area contributed by atoms with Gasteiger partial charge < -0.3 is 5.32 Å². The number of aromatic nitrogens is 1. The largest absolute Gasteiger partial charge is 0.348 e. The van der Waals surface area contributed by atoms with Crippen LogP contribution in [0.3, 0.4) is 0 Å². The highest BCUT2D eigenvalue weighted by molar-refractivity contribution is 6.34. The molecule has 92 valence electrons. The number of nitrogens with one attached hydrogen (secondary N) is 1. The van der Waals surface area contributed by atoms with Crippen LogP contribution >= 0.6 is 23.2 Å². The van der Waals surface area contributed by atoms with Gasteiger partial charge >= 0.3 is 0 Å². The van der Waals surface area contributed by atoms with Crippen LogP contribution in [0.25, 0.3) is 0 Å². The van der Waals surface area contributed by atoms with Gasteiger partial charge in [0, 0.05) is 34.5 Å². The standard InChI is InChI=1S/C13H10Cl2N2O/c14-11-5-9(6-12(15)7-11)8-17-13(18)10-1-3-16-4-2-10/h1-7H,8H2,(H,17,18). The highest BCUT2D eigenvalue weighted by Gasteiger charge is 2.05. The van der Waals surface area contributed by atoms with Gasteiger partial charge in [-0.2, -0.15) is 0 Å². The summed E-state index contributed by atoms with van der Waals surface area (Å²) in [5.74, 6) is -0.159. The molecule has 1 heterocycles. The summed E-state index contributed by atoms with van der Waals surface area (Å²) in [7, 11) is 0. The number of carbonyl (C=O) groups is 1. The van der Waals surface area contributed by atoms with Crippen molar-refractivity contribution in [3.8, 4) is 0 Å². The van der Waals surface area contributed by atoms with Gasteiger partial charge in [0.15, 0.2) is 0 Å². The smallest absolute Gasteiger partial charge is 0.251 e. The fraction of sp³-hybridized carbons (Fsp3) is 0.0769. The lowest BCUT2D eigenvalue weighted by atomic mass is 10.2. The molecule has 0 aliphatic carbocycles. The molecule has 2 rings (SSSR count). The van der Waals surface area contributed by atoms with E-state index in [1.165, 1.54) is 0 Å². The molecular formula is C13H10Cl2N2O. The van der Waals surface area contributed by atoms with Crippen LogP contribution in [0.5, 0.6) is 0 Å². The first kappa shape index (κ1) is 12.9. The van der Waals surface area contributed by atoms with Gasteiger partial charge in [0.2, 0.25) is 0 Å². The van der Waals surface area contributed by atoms with Gasteiger partial charge in [0.25, 0.3) is 5.91 Å². The third-order valence-electron chi connectivity index (χ3n) is 2.32. The minimum Gasteiger partial charge on any atom is -0.348 e. The van der Waals surface area contributed by atoms with E-state index >= 15 is 0 Å². The molecule has 1 aromatic carbocycles. The molecule has 0 unspecified atom stereocenters. The van der Waals surface area contributed by atoms with E-state index in [9.17, 15) is 4.79 Å². The Morgan fingerprint density at radius 1 is 1.11 bits per heavy atom. The average molecular weight is 281 g/mol. The van der Waals surface area contributed by atoms with E-state index in [-0.39, 0.29) is 5.91 Å². The predicted molar refractivity (Wildman–Crippen MR) is 71.9 cm³/mol. The molecule has 0 aliphatic heterocycles. The molecule has 1 amide bonds. The van der Waals surface area contributed by atoms with Crippen molar-refractivity contribution in [1.29, 1.82) is 0 Å². The van der Waals surface area contributed by atoms with Crippen molar-refractivity contribution >= 4 is 29.1 Å². The maximum absolute atomic E-state index is 11.8. The van der Waals surface area contributed by atoms with E-state index in [2.05, 4.69) is 10.3 Å². The quantitative estimate of drug-likeness (QED) is 0.937. The third kappa shape index (κ3) is 3.45. The van der Waals surface area contributed by atoms with Crippen molar-refractivity contribution in [2.75, 3.05) is 0 Å². The molecule has 0 saturated carbocycles. The van der Waals surface area contributed by atoms with Gasteiger partial charge in [-0.3, -0.25) is 9.78 Å². The monoisotopic (exact) mass is 280 g/mol. The first-order valence-corrected chi connectivity index (χ1v) is 6.04. The van der Waals surface area contributed by atoms with Gasteiger partial charge in [-0.1, -0.05) is 23.2 Å². The van der Waals surface area contributed by atoms with Gasteiger partial charge in [0.1, 0.15) is 0 Å². The average Bonchev–Trinajstić information content (AvgIpc) is 2.36. The summed E-state index contributed by atoms with van der Waals surface area (Å²) in [5.41, 5.74) is 1.42. The van der Waals surface area contributed by atoms with Crippen LogP contribution in [0.1, 0.15) is 15.9 Å². The SMILES string of the molecule is O=C(NCc1cc(Cl)cc(Cl)c1)c1ccncc1. The first-order valence-electron chi connectivity index (χ1n) is 5.28. The molecule has 5 heteroatoms. The number of hydrogen-bond donors (Lipinski definition) is 1. The molecule has 3 nitrogen and oxygen atoms in total. The summed E-state index contributed by atoms with van der Waals surface area (Å²) in [6.07, 6.45) is 3.15. The van der Waals surface area contributed by atoms with Gasteiger partial charge in [-0.15, -0.1) is 0 Å². The van der Waals surface area contributed by atoms with E-state index < -0.39 is 0 Å². The Morgan fingerprint density at radius 3 is 2.33 bits per heavy atom. The molecule has 0 spiro atoms. The number of pyridine rings is 1. The van der Waals surface area contributed by atoms with Crippen molar-refractivity contribution in [2.45, 2.75) is 6.54 Å². The highest BCUT2D eigenvalue weighted by Crippen LogP contribution is 2.18. The summed E-state index contributed by atoms with van der Waals surface area (Å²) in [6.45, 7) is 0.376. The summed E-state index contributed by atoms with van der Waals surface area (Å²) >= 11 is 11.8. The number of benzene rings is 1. The number of nitrogens with zero attached hydrogens (tertiary/aromatic N) is 1. The fourth-order valence-corrected chi connectivity index (χ4v) is 2.07. The van der Waals surface area contributed by atoms with Crippen LogP contribution in [0.2, 0.25) is 10.0 Å². The van der Waals surface area contributed by atoms with Crippen LogP contribution in [0, 0.1) is 0 Å². The van der Waals surface area contributed by atoms with Crippen molar-refractivity contribution in [2.24, 2.45) is 0 Å². The molecule has 0 bridgehead atoms. The van der Waals surface area contributed by atoms with E-state index in [0.717, 1.165) is 5.56 Å². The molecule has 1 aromatic heterocycles. The number of hydrogen-bond acceptors (Lipinski definition) is 2. The summed E-state index contributed by atoms with van der Waals surface area (Å²) in [6, 6.07) is 8.48. The Bertz CT molecular complexity index is 538. The first-order chi connectivity index (χ1) is 8.65. The Kier molecular flexibility index (Phi) is 4.18. The molecule has 0 fully saturated rings. The number of amides is 1. The normalized spacial score (nSPS) is 10.1. The van der Waals surface area contributed by atoms with Gasteiger partial charge in [-0.25, -0.2) is 0 Å². The van der Waals surface area contributed by atoms with Crippen molar-refractivity contribution in [3.63, 3.8) is 0 Å². The minimum absolute atomic E-state index is 0.159. The Morgan fingerprint density at radius 2 is 1.72 bits per heavy atom. The van der Waals surface area contributed by atoms with Crippen molar-refractivity contribution in [1.82, 2.24) is 10.3 Å². The third-order valence-corrected chi connectivity index (χ3v) is 2.75.